The third-order valence-electron chi connectivity index (χ3n) is 6.91. The van der Waals surface area contributed by atoms with Gasteiger partial charge in [-0.3, -0.25) is 0 Å². The Morgan fingerprint density at radius 1 is 0.634 bits per heavy atom. The van der Waals surface area contributed by atoms with E-state index in [1.807, 2.05) is 87.0 Å². The topological polar surface area (TPSA) is 34.1 Å². The summed E-state index contributed by atoms with van der Waals surface area (Å²) in [6.45, 7) is 3.91. The van der Waals surface area contributed by atoms with E-state index in [4.69, 9.17) is 23.2 Å². The zero-order valence-corrected chi connectivity index (χ0v) is 28.1. The highest BCUT2D eigenvalue weighted by Gasteiger charge is 2.30. The van der Waals surface area contributed by atoms with Crippen LogP contribution in [0.25, 0.3) is 42.4 Å². The van der Waals surface area contributed by atoms with E-state index in [9.17, 15) is 0 Å². The Balaban J connectivity index is 1.73. The number of hydrogen-bond acceptors (Lipinski definition) is 6. The van der Waals surface area contributed by atoms with Gasteiger partial charge in [-0.05, 0) is 97.1 Å². The van der Waals surface area contributed by atoms with Gasteiger partial charge in [0.1, 0.15) is 0 Å². The molecule has 0 N–H and O–H groups in total. The molecule has 0 radical (unpaired) electrons. The van der Waals surface area contributed by atoms with Crippen LogP contribution >= 0.6 is 69.4 Å². The first kappa shape index (κ1) is 29.1. The number of fused-ring (bicyclic) bond motifs is 2. The fraction of sp³-hybridized carbons (Fsp3) is 0.125. The number of halogens is 2. The van der Waals surface area contributed by atoms with Gasteiger partial charge in [-0.1, -0.05) is 47.5 Å². The Bertz CT molecular complexity index is 1950. The summed E-state index contributed by atoms with van der Waals surface area (Å²) in [6.07, 6.45) is 4.05. The summed E-state index contributed by atoms with van der Waals surface area (Å²) in [5, 5.41) is 2.71. The van der Waals surface area contributed by atoms with E-state index in [1.54, 1.807) is 46.2 Å². The Hall–Kier alpha value is -1.97. The highest BCUT2D eigenvalue weighted by Crippen LogP contribution is 2.51. The van der Waals surface area contributed by atoms with Crippen molar-refractivity contribution in [2.45, 2.75) is 32.1 Å². The van der Waals surface area contributed by atoms with Crippen molar-refractivity contribution in [3.63, 3.8) is 0 Å². The van der Waals surface area contributed by atoms with Gasteiger partial charge in [0, 0.05) is 41.3 Å². The van der Waals surface area contributed by atoms with E-state index < -0.39 is 9.84 Å². The molecule has 0 aliphatic rings. The third-order valence-corrected chi connectivity index (χ3v) is 13.7. The molecule has 0 amide bonds. The lowest BCUT2D eigenvalue weighted by atomic mass is 10.0. The monoisotopic (exact) mass is 670 g/mol. The van der Waals surface area contributed by atoms with Crippen LogP contribution in [0.5, 0.6) is 0 Å². The molecule has 0 unspecified atom stereocenters. The van der Waals surface area contributed by atoms with Gasteiger partial charge in [0.05, 0.1) is 18.2 Å². The van der Waals surface area contributed by atoms with E-state index in [0.29, 0.717) is 19.8 Å². The molecule has 6 rings (SSSR count). The summed E-state index contributed by atoms with van der Waals surface area (Å²) in [7, 11) is -3.98. The minimum atomic E-state index is -3.98. The SMILES string of the molecule is CSc1sc2cc(C)cc(S(=O)(=O)c3cc(C)cc4sc(SC)c(-c5cccc(Cl)c5)c34)c2c1-c1cccc(Cl)c1. The standard InChI is InChI=1S/C32H24Cl2O2S5/c1-17-11-23-29(27(31(37-3)39-23)19-7-5-9-21(33)15-19)25(13-17)41(35,36)26-14-18(2)12-24-30(26)28(32(38-4)40-24)20-8-6-10-22(34)16-20/h5-16H,1-4H3. The average Bonchev–Trinajstić information content (AvgIpc) is 3.49. The Morgan fingerprint density at radius 3 is 1.41 bits per heavy atom. The Kier molecular flexibility index (Phi) is 8.00. The second-order valence-electron chi connectivity index (χ2n) is 9.73. The quantitative estimate of drug-likeness (QED) is 0.165. The summed E-state index contributed by atoms with van der Waals surface area (Å²) in [5.74, 6) is 0. The molecular weight excluding hydrogens is 648 g/mol. The Morgan fingerprint density at radius 2 is 1.05 bits per heavy atom. The number of thiophene rings is 2. The van der Waals surface area contributed by atoms with Crippen LogP contribution in [-0.4, -0.2) is 20.9 Å². The molecule has 6 aromatic rings. The van der Waals surface area contributed by atoms with Gasteiger partial charge in [-0.2, -0.15) is 0 Å². The first-order chi connectivity index (χ1) is 19.6. The minimum absolute atomic E-state index is 0.319. The van der Waals surface area contributed by atoms with Gasteiger partial charge in [-0.25, -0.2) is 8.42 Å². The Labute approximate surface area is 266 Å². The lowest BCUT2D eigenvalue weighted by molar-refractivity contribution is 0.597. The van der Waals surface area contributed by atoms with Gasteiger partial charge in [0.15, 0.2) is 0 Å². The zero-order chi connectivity index (χ0) is 29.1. The second-order valence-corrected chi connectivity index (χ2v) is 16.7. The highest BCUT2D eigenvalue weighted by atomic mass is 35.5. The molecule has 2 heterocycles. The van der Waals surface area contributed by atoms with Crippen LogP contribution in [0.2, 0.25) is 10.0 Å². The van der Waals surface area contributed by atoms with Crippen LogP contribution in [0, 0.1) is 13.8 Å². The molecule has 208 valence electrons. The third kappa shape index (κ3) is 5.14. The molecule has 4 aromatic carbocycles. The van der Waals surface area contributed by atoms with Crippen molar-refractivity contribution >= 4 is 99.4 Å². The molecule has 41 heavy (non-hydrogen) atoms. The van der Waals surface area contributed by atoms with Crippen molar-refractivity contribution in [1.82, 2.24) is 0 Å². The van der Waals surface area contributed by atoms with Gasteiger partial charge >= 0.3 is 0 Å². The lowest BCUT2D eigenvalue weighted by Gasteiger charge is -2.14. The van der Waals surface area contributed by atoms with Crippen molar-refractivity contribution in [3.8, 4) is 22.3 Å². The molecule has 0 aliphatic heterocycles. The van der Waals surface area contributed by atoms with Crippen molar-refractivity contribution in [1.29, 1.82) is 0 Å². The van der Waals surface area contributed by atoms with E-state index in [1.165, 1.54) is 0 Å². The predicted molar refractivity (Wildman–Crippen MR) is 183 cm³/mol. The zero-order valence-electron chi connectivity index (χ0n) is 22.5. The van der Waals surface area contributed by atoms with E-state index in [-0.39, 0.29) is 0 Å². The van der Waals surface area contributed by atoms with Crippen molar-refractivity contribution < 1.29 is 8.42 Å². The van der Waals surface area contributed by atoms with E-state index in [2.05, 4.69) is 12.1 Å². The summed E-state index contributed by atoms with van der Waals surface area (Å²) in [5.41, 5.74) is 5.43. The van der Waals surface area contributed by atoms with Gasteiger partial charge in [-0.15, -0.1) is 46.2 Å². The molecule has 2 nitrogen and oxygen atoms in total. The molecule has 2 aromatic heterocycles. The maximum absolute atomic E-state index is 15.0. The first-order valence-electron chi connectivity index (χ1n) is 12.6. The molecule has 9 heteroatoms. The fourth-order valence-corrected chi connectivity index (χ4v) is 11.8. The molecule has 0 aliphatic carbocycles. The summed E-state index contributed by atoms with van der Waals surface area (Å²) >= 11 is 19.3. The number of hydrogen-bond donors (Lipinski definition) is 0. The van der Waals surface area contributed by atoms with Crippen LogP contribution in [-0.2, 0) is 9.84 Å². The molecule has 0 atom stereocenters. The van der Waals surface area contributed by atoms with Crippen molar-refractivity contribution in [2.24, 2.45) is 0 Å². The molecular formula is C32H24Cl2O2S5. The number of thioether (sulfide) groups is 2. The molecule has 0 saturated heterocycles. The smallest absolute Gasteiger partial charge is 0.207 e. The maximum atomic E-state index is 15.0. The number of sulfone groups is 1. The van der Waals surface area contributed by atoms with Gasteiger partial charge in [0.25, 0.3) is 0 Å². The second kappa shape index (κ2) is 11.3. The fourth-order valence-electron chi connectivity index (χ4n) is 5.24. The summed E-state index contributed by atoms with van der Waals surface area (Å²) in [6, 6.07) is 23.1. The van der Waals surface area contributed by atoms with Gasteiger partial charge in [0.2, 0.25) is 9.84 Å². The maximum Gasteiger partial charge on any atom is 0.207 e. The average molecular weight is 672 g/mol. The minimum Gasteiger partial charge on any atom is -0.218 e. The van der Waals surface area contributed by atoms with Crippen molar-refractivity contribution in [2.75, 3.05) is 12.5 Å². The largest absolute Gasteiger partial charge is 0.218 e. The number of aryl methyl sites for hydroxylation is 2. The van der Waals surface area contributed by atoms with E-state index in [0.717, 1.165) is 62.0 Å². The van der Waals surface area contributed by atoms with Crippen molar-refractivity contribution in [3.05, 3.63) is 94.0 Å². The summed E-state index contributed by atoms with van der Waals surface area (Å²) < 4.78 is 34.0. The molecule has 0 spiro atoms. The van der Waals surface area contributed by atoms with Crippen LogP contribution in [0.4, 0.5) is 0 Å². The van der Waals surface area contributed by atoms with E-state index >= 15 is 8.42 Å². The predicted octanol–water partition coefficient (Wildman–Crippen LogP) is 11.7. The first-order valence-corrected chi connectivity index (χ1v) is 18.9. The number of benzene rings is 4. The van der Waals surface area contributed by atoms with Gasteiger partial charge < -0.3 is 0 Å². The van der Waals surface area contributed by atoms with Crippen LogP contribution in [0.15, 0.2) is 91.0 Å². The molecule has 0 fully saturated rings. The van der Waals surface area contributed by atoms with Crippen LogP contribution in [0.3, 0.4) is 0 Å². The normalized spacial score (nSPS) is 12.0. The number of rotatable bonds is 6. The summed E-state index contributed by atoms with van der Waals surface area (Å²) in [4.78, 5) is 0.639. The molecule has 0 bridgehead atoms. The van der Waals surface area contributed by atoms with Crippen LogP contribution < -0.4 is 0 Å². The lowest BCUT2D eigenvalue weighted by Crippen LogP contribution is -2.05. The highest BCUT2D eigenvalue weighted by molar-refractivity contribution is 8.01. The molecule has 0 saturated carbocycles. The van der Waals surface area contributed by atoms with Crippen LogP contribution in [0.1, 0.15) is 11.1 Å².